The van der Waals surface area contributed by atoms with Crippen LogP contribution in [0.15, 0.2) is 0 Å². The third kappa shape index (κ3) is 3.42. The second-order valence-electron chi connectivity index (χ2n) is 3.30. The molecule has 2 unspecified atom stereocenters. The lowest BCUT2D eigenvalue weighted by Gasteiger charge is -2.02. The lowest BCUT2D eigenvalue weighted by molar-refractivity contribution is -0.119. The molecule has 0 aromatic heterocycles. The first-order valence-corrected chi connectivity index (χ1v) is 4.46. The van der Waals surface area contributed by atoms with E-state index in [2.05, 4.69) is 12.2 Å². The second kappa shape index (κ2) is 4.23. The Bertz CT molecular complexity index is 217. The molecule has 0 spiro atoms. The standard InChI is InChI=1S/C8H15N3O2/c1-2-5-3-6(5)10-4-7(12)11-8(9)13/h5-6,10H,2-4H2,1H3,(H3,9,11,12,13). The zero-order valence-corrected chi connectivity index (χ0v) is 7.67. The normalized spacial score (nSPS) is 25.3. The summed E-state index contributed by atoms with van der Waals surface area (Å²) < 4.78 is 0. The van der Waals surface area contributed by atoms with Crippen LogP contribution in [0, 0.1) is 5.92 Å². The van der Waals surface area contributed by atoms with Crippen LogP contribution < -0.4 is 16.4 Å². The van der Waals surface area contributed by atoms with Gasteiger partial charge in [-0.2, -0.15) is 0 Å². The van der Waals surface area contributed by atoms with Crippen LogP contribution in [0.4, 0.5) is 4.79 Å². The van der Waals surface area contributed by atoms with Crippen LogP contribution in [-0.2, 0) is 4.79 Å². The molecule has 13 heavy (non-hydrogen) atoms. The van der Waals surface area contributed by atoms with Crippen molar-refractivity contribution in [1.82, 2.24) is 10.6 Å². The first-order valence-electron chi connectivity index (χ1n) is 4.46. The summed E-state index contributed by atoms with van der Waals surface area (Å²) in [6, 6.07) is -0.349. The van der Waals surface area contributed by atoms with Crippen molar-refractivity contribution in [2.45, 2.75) is 25.8 Å². The van der Waals surface area contributed by atoms with Crippen molar-refractivity contribution >= 4 is 11.9 Å². The van der Waals surface area contributed by atoms with Gasteiger partial charge in [0, 0.05) is 6.04 Å². The van der Waals surface area contributed by atoms with E-state index in [1.165, 1.54) is 0 Å². The summed E-state index contributed by atoms with van der Waals surface area (Å²) in [5.41, 5.74) is 4.77. The number of hydrogen-bond acceptors (Lipinski definition) is 3. The molecular formula is C8H15N3O2. The zero-order valence-electron chi connectivity index (χ0n) is 7.67. The second-order valence-corrected chi connectivity index (χ2v) is 3.30. The van der Waals surface area contributed by atoms with Crippen LogP contribution in [0.3, 0.4) is 0 Å². The van der Waals surface area contributed by atoms with E-state index in [1.54, 1.807) is 0 Å². The maximum Gasteiger partial charge on any atom is 0.318 e. The summed E-state index contributed by atoms with van der Waals surface area (Å²) in [5, 5.41) is 5.04. The van der Waals surface area contributed by atoms with Crippen molar-refractivity contribution in [3.63, 3.8) is 0 Å². The summed E-state index contributed by atoms with van der Waals surface area (Å²) in [6.45, 7) is 2.29. The average molecular weight is 185 g/mol. The SMILES string of the molecule is CCC1CC1NCC(=O)NC(N)=O. The van der Waals surface area contributed by atoms with Crippen LogP contribution in [0.25, 0.3) is 0 Å². The molecule has 1 fully saturated rings. The number of rotatable bonds is 4. The monoisotopic (exact) mass is 185 g/mol. The van der Waals surface area contributed by atoms with Crippen LogP contribution in [0.1, 0.15) is 19.8 Å². The van der Waals surface area contributed by atoms with Gasteiger partial charge in [-0.1, -0.05) is 13.3 Å². The molecule has 0 aromatic carbocycles. The predicted octanol–water partition coefficient (Wildman–Crippen LogP) is -0.431. The van der Waals surface area contributed by atoms with Crippen LogP contribution in [0.5, 0.6) is 0 Å². The Kier molecular flexibility index (Phi) is 3.25. The van der Waals surface area contributed by atoms with Gasteiger partial charge in [0.1, 0.15) is 0 Å². The van der Waals surface area contributed by atoms with Crippen LogP contribution >= 0.6 is 0 Å². The van der Waals surface area contributed by atoms with Gasteiger partial charge in [0.2, 0.25) is 5.91 Å². The Morgan fingerprint density at radius 2 is 2.23 bits per heavy atom. The van der Waals surface area contributed by atoms with E-state index in [9.17, 15) is 9.59 Å². The molecule has 0 heterocycles. The molecule has 0 bridgehead atoms. The van der Waals surface area contributed by atoms with Gasteiger partial charge in [0.25, 0.3) is 0 Å². The van der Waals surface area contributed by atoms with Crippen LogP contribution in [-0.4, -0.2) is 24.5 Å². The topological polar surface area (TPSA) is 84.2 Å². The third-order valence-corrected chi connectivity index (χ3v) is 2.23. The molecule has 0 aliphatic heterocycles. The predicted molar refractivity (Wildman–Crippen MR) is 47.9 cm³/mol. The lowest BCUT2D eigenvalue weighted by atomic mass is 10.3. The van der Waals surface area contributed by atoms with Gasteiger partial charge in [-0.05, 0) is 12.3 Å². The van der Waals surface area contributed by atoms with E-state index >= 15 is 0 Å². The Hall–Kier alpha value is -1.10. The maximum atomic E-state index is 10.9. The Morgan fingerprint density at radius 3 is 2.69 bits per heavy atom. The number of carbonyl (C=O) groups excluding carboxylic acids is 2. The third-order valence-electron chi connectivity index (χ3n) is 2.23. The average Bonchev–Trinajstić information content (AvgIpc) is 2.78. The first-order chi connectivity index (χ1) is 6.13. The molecule has 5 nitrogen and oxygen atoms in total. The fraction of sp³-hybridized carbons (Fsp3) is 0.750. The van der Waals surface area contributed by atoms with Gasteiger partial charge in [-0.25, -0.2) is 4.79 Å². The minimum absolute atomic E-state index is 0.171. The molecule has 1 rings (SSSR count). The molecule has 2 atom stereocenters. The Morgan fingerprint density at radius 1 is 1.54 bits per heavy atom. The molecule has 3 amide bonds. The highest BCUT2D eigenvalue weighted by molar-refractivity contribution is 5.94. The van der Waals surface area contributed by atoms with Crippen molar-refractivity contribution in [3.05, 3.63) is 0 Å². The van der Waals surface area contributed by atoms with Crippen molar-refractivity contribution in [3.8, 4) is 0 Å². The summed E-state index contributed by atoms with van der Waals surface area (Å²) in [5.74, 6) is 0.329. The quantitative estimate of drug-likeness (QED) is 0.555. The van der Waals surface area contributed by atoms with Gasteiger partial charge >= 0.3 is 6.03 Å². The molecular weight excluding hydrogens is 170 g/mol. The smallest absolute Gasteiger partial charge is 0.318 e. The molecule has 0 radical (unpaired) electrons. The minimum Gasteiger partial charge on any atom is -0.351 e. The van der Waals surface area contributed by atoms with Crippen molar-refractivity contribution in [2.24, 2.45) is 11.7 Å². The highest BCUT2D eigenvalue weighted by atomic mass is 16.2. The van der Waals surface area contributed by atoms with E-state index in [4.69, 9.17) is 5.73 Å². The van der Waals surface area contributed by atoms with Crippen molar-refractivity contribution < 1.29 is 9.59 Å². The van der Waals surface area contributed by atoms with Crippen LogP contribution in [0.2, 0.25) is 0 Å². The Balaban J connectivity index is 2.06. The summed E-state index contributed by atoms with van der Waals surface area (Å²) >= 11 is 0. The number of primary amides is 1. The van der Waals surface area contributed by atoms with Gasteiger partial charge in [0.15, 0.2) is 0 Å². The van der Waals surface area contributed by atoms with Gasteiger partial charge < -0.3 is 11.1 Å². The van der Waals surface area contributed by atoms with E-state index in [-0.39, 0.29) is 12.5 Å². The number of carbonyl (C=O) groups is 2. The first kappa shape index (κ1) is 9.98. The van der Waals surface area contributed by atoms with Gasteiger partial charge in [-0.3, -0.25) is 10.1 Å². The fourth-order valence-corrected chi connectivity index (χ4v) is 1.35. The van der Waals surface area contributed by atoms with Crippen molar-refractivity contribution in [1.29, 1.82) is 0 Å². The molecule has 1 aliphatic rings. The summed E-state index contributed by atoms with van der Waals surface area (Å²) in [7, 11) is 0. The van der Waals surface area contributed by atoms with Gasteiger partial charge in [-0.15, -0.1) is 0 Å². The highest BCUT2D eigenvalue weighted by Gasteiger charge is 2.34. The number of nitrogens with two attached hydrogens (primary N) is 1. The lowest BCUT2D eigenvalue weighted by Crippen LogP contribution is -2.41. The molecule has 1 saturated carbocycles. The highest BCUT2D eigenvalue weighted by Crippen LogP contribution is 2.32. The van der Waals surface area contributed by atoms with E-state index < -0.39 is 6.03 Å². The number of urea groups is 1. The molecule has 5 heteroatoms. The van der Waals surface area contributed by atoms with E-state index in [1.807, 2.05) is 5.32 Å². The minimum atomic E-state index is -0.797. The number of hydrogen-bond donors (Lipinski definition) is 3. The largest absolute Gasteiger partial charge is 0.351 e. The van der Waals surface area contributed by atoms with E-state index in [0.717, 1.165) is 12.8 Å². The number of imide groups is 1. The van der Waals surface area contributed by atoms with E-state index in [0.29, 0.717) is 12.0 Å². The molecule has 0 aromatic rings. The summed E-state index contributed by atoms with van der Waals surface area (Å²) in [4.78, 5) is 21.2. The Labute approximate surface area is 77.1 Å². The molecule has 1 aliphatic carbocycles. The summed E-state index contributed by atoms with van der Waals surface area (Å²) in [6.07, 6.45) is 2.26. The molecule has 4 N–H and O–H groups in total. The maximum absolute atomic E-state index is 10.9. The molecule has 74 valence electrons. The van der Waals surface area contributed by atoms with Crippen molar-refractivity contribution in [2.75, 3.05) is 6.54 Å². The van der Waals surface area contributed by atoms with Gasteiger partial charge in [0.05, 0.1) is 6.54 Å². The molecule has 0 saturated heterocycles. The zero-order chi connectivity index (χ0) is 9.84. The number of nitrogens with one attached hydrogen (secondary N) is 2. The fourth-order valence-electron chi connectivity index (χ4n) is 1.35. The number of amides is 3.